The van der Waals surface area contributed by atoms with Gasteiger partial charge in [-0.3, -0.25) is 14.2 Å². The van der Waals surface area contributed by atoms with Gasteiger partial charge in [-0.15, -0.1) is 0 Å². The second kappa shape index (κ2) is 9.20. The first kappa shape index (κ1) is 23.3. The Bertz CT molecular complexity index is 1270. The summed E-state index contributed by atoms with van der Waals surface area (Å²) >= 11 is 0. The first-order valence-electron chi connectivity index (χ1n) is 10.6. The molecule has 178 valence electrons. The second-order valence-corrected chi connectivity index (χ2v) is 8.06. The van der Waals surface area contributed by atoms with Crippen molar-refractivity contribution < 1.29 is 27.8 Å². The Labute approximate surface area is 192 Å². The number of hydrogen-bond donors (Lipinski definition) is 2. The van der Waals surface area contributed by atoms with E-state index in [1.165, 1.54) is 17.7 Å². The zero-order chi connectivity index (χ0) is 24.5. The zero-order valence-electron chi connectivity index (χ0n) is 18.2. The molecular weight excluding hydrogens is 451 g/mol. The van der Waals surface area contributed by atoms with Gasteiger partial charge in [0.1, 0.15) is 5.75 Å². The van der Waals surface area contributed by atoms with Crippen molar-refractivity contribution in [2.75, 3.05) is 12.4 Å². The van der Waals surface area contributed by atoms with E-state index in [0.29, 0.717) is 17.8 Å². The van der Waals surface area contributed by atoms with Crippen LogP contribution in [0.5, 0.6) is 5.75 Å². The van der Waals surface area contributed by atoms with Gasteiger partial charge in [-0.2, -0.15) is 13.2 Å². The summed E-state index contributed by atoms with van der Waals surface area (Å²) in [7, 11) is 1.25. The van der Waals surface area contributed by atoms with Gasteiger partial charge in [-0.05, 0) is 55.2 Å². The van der Waals surface area contributed by atoms with Crippen LogP contribution in [-0.4, -0.2) is 27.7 Å². The van der Waals surface area contributed by atoms with E-state index in [-0.39, 0.29) is 29.6 Å². The highest BCUT2D eigenvalue weighted by atomic mass is 19.4. The number of aliphatic carboxylic acids is 1. The summed E-state index contributed by atoms with van der Waals surface area (Å²) < 4.78 is 45.7. The Morgan fingerprint density at radius 1 is 1.21 bits per heavy atom. The van der Waals surface area contributed by atoms with Crippen molar-refractivity contribution in [2.24, 2.45) is 0 Å². The Hall–Kier alpha value is -3.82. The summed E-state index contributed by atoms with van der Waals surface area (Å²) in [4.78, 5) is 28.5. The molecule has 3 aromatic rings. The SMILES string of the molecule is COc1cc(C(F)(F)F)ccc1Nc1nc(C2CC2)cn(-c2ccc(CCC(=O)O)cc2)c1=O. The lowest BCUT2D eigenvalue weighted by Gasteiger charge is -2.15. The zero-order valence-corrected chi connectivity index (χ0v) is 18.2. The summed E-state index contributed by atoms with van der Waals surface area (Å²) in [6, 6.07) is 9.93. The van der Waals surface area contributed by atoms with Crippen LogP contribution in [0.15, 0.2) is 53.5 Å². The van der Waals surface area contributed by atoms with Gasteiger partial charge < -0.3 is 15.2 Å². The van der Waals surface area contributed by atoms with Gasteiger partial charge in [-0.1, -0.05) is 12.1 Å². The van der Waals surface area contributed by atoms with Gasteiger partial charge in [0.25, 0.3) is 5.56 Å². The number of rotatable bonds is 8. The van der Waals surface area contributed by atoms with Crippen molar-refractivity contribution in [3.8, 4) is 11.4 Å². The van der Waals surface area contributed by atoms with Crippen LogP contribution in [-0.2, 0) is 17.4 Å². The number of aromatic nitrogens is 2. The minimum atomic E-state index is -4.53. The lowest BCUT2D eigenvalue weighted by molar-refractivity contribution is -0.138. The van der Waals surface area contributed by atoms with E-state index in [0.717, 1.165) is 30.5 Å². The standard InChI is InChI=1S/C24H22F3N3O4/c1-34-20-12-16(24(25,26)27)7-10-18(20)28-22-23(33)30(13-19(29-22)15-5-6-15)17-8-2-14(3-9-17)4-11-21(31)32/h2-3,7-10,12-13,15H,4-6,11H2,1H3,(H,28,29)(H,31,32). The molecule has 4 rings (SSSR count). The molecule has 1 aliphatic rings. The molecule has 2 N–H and O–H groups in total. The third-order valence-corrected chi connectivity index (χ3v) is 5.54. The summed E-state index contributed by atoms with van der Waals surface area (Å²) in [6.45, 7) is 0. The highest BCUT2D eigenvalue weighted by Gasteiger charge is 2.31. The number of anilines is 2. The van der Waals surface area contributed by atoms with Crippen LogP contribution < -0.4 is 15.6 Å². The molecule has 10 heteroatoms. The molecule has 1 heterocycles. The molecule has 2 aromatic carbocycles. The van der Waals surface area contributed by atoms with Crippen molar-refractivity contribution in [1.82, 2.24) is 9.55 Å². The summed E-state index contributed by atoms with van der Waals surface area (Å²) in [5, 5.41) is 11.7. The number of halogens is 3. The van der Waals surface area contributed by atoms with Crippen molar-refractivity contribution in [2.45, 2.75) is 37.8 Å². The van der Waals surface area contributed by atoms with Crippen molar-refractivity contribution in [3.63, 3.8) is 0 Å². The maximum Gasteiger partial charge on any atom is 0.416 e. The number of carboxylic acid groups (broad SMARTS) is 1. The predicted molar refractivity (Wildman–Crippen MR) is 119 cm³/mol. The van der Waals surface area contributed by atoms with Crippen LogP contribution >= 0.6 is 0 Å². The molecule has 0 bridgehead atoms. The number of aryl methyl sites for hydroxylation is 1. The minimum Gasteiger partial charge on any atom is -0.495 e. The van der Waals surface area contributed by atoms with Crippen molar-refractivity contribution in [3.05, 3.63) is 75.8 Å². The van der Waals surface area contributed by atoms with Crippen LogP contribution in [0.2, 0.25) is 0 Å². The lowest BCUT2D eigenvalue weighted by Crippen LogP contribution is -2.23. The van der Waals surface area contributed by atoms with E-state index >= 15 is 0 Å². The topological polar surface area (TPSA) is 93.4 Å². The quantitative estimate of drug-likeness (QED) is 0.484. The number of methoxy groups -OCH3 is 1. The maximum atomic E-state index is 13.2. The van der Waals surface area contributed by atoms with E-state index in [1.807, 2.05) is 0 Å². The summed E-state index contributed by atoms with van der Waals surface area (Å²) in [5.74, 6) is -0.783. The number of carboxylic acids is 1. The number of carbonyl (C=O) groups is 1. The molecular formula is C24H22F3N3O4. The average Bonchev–Trinajstić information content (AvgIpc) is 3.64. The predicted octanol–water partition coefficient (Wildman–Crippen LogP) is 4.90. The fourth-order valence-electron chi connectivity index (χ4n) is 3.53. The minimum absolute atomic E-state index is 0.00338. The largest absolute Gasteiger partial charge is 0.495 e. The van der Waals surface area contributed by atoms with Crippen LogP contribution in [0.4, 0.5) is 24.7 Å². The molecule has 0 unspecified atom stereocenters. The van der Waals surface area contributed by atoms with Crippen molar-refractivity contribution >= 4 is 17.5 Å². The van der Waals surface area contributed by atoms with Gasteiger partial charge in [0.2, 0.25) is 0 Å². The van der Waals surface area contributed by atoms with Gasteiger partial charge in [0.15, 0.2) is 5.82 Å². The number of benzene rings is 2. The van der Waals surface area contributed by atoms with Crippen LogP contribution in [0.25, 0.3) is 5.69 Å². The number of alkyl halides is 3. The average molecular weight is 473 g/mol. The first-order valence-corrected chi connectivity index (χ1v) is 10.6. The number of hydrogen-bond acceptors (Lipinski definition) is 5. The molecule has 0 saturated heterocycles. The molecule has 0 amide bonds. The Kier molecular flexibility index (Phi) is 6.32. The van der Waals surface area contributed by atoms with Gasteiger partial charge >= 0.3 is 12.1 Å². The fraction of sp³-hybridized carbons (Fsp3) is 0.292. The van der Waals surface area contributed by atoms with E-state index in [4.69, 9.17) is 9.84 Å². The smallest absolute Gasteiger partial charge is 0.416 e. The van der Waals surface area contributed by atoms with Crippen LogP contribution in [0, 0.1) is 0 Å². The molecule has 1 aliphatic carbocycles. The molecule has 0 atom stereocenters. The molecule has 0 spiro atoms. The number of nitrogens with one attached hydrogen (secondary N) is 1. The fourth-order valence-corrected chi connectivity index (χ4v) is 3.53. The van der Waals surface area contributed by atoms with E-state index in [1.54, 1.807) is 30.5 Å². The lowest BCUT2D eigenvalue weighted by atomic mass is 10.1. The molecule has 0 aliphatic heterocycles. The summed E-state index contributed by atoms with van der Waals surface area (Å²) in [6.07, 6.45) is -0.621. The second-order valence-electron chi connectivity index (χ2n) is 8.06. The normalized spacial score (nSPS) is 13.5. The monoisotopic (exact) mass is 473 g/mol. The van der Waals surface area contributed by atoms with E-state index < -0.39 is 23.3 Å². The van der Waals surface area contributed by atoms with Gasteiger partial charge in [-0.25, -0.2) is 4.98 Å². The molecule has 7 nitrogen and oxygen atoms in total. The third kappa shape index (κ3) is 5.22. The third-order valence-electron chi connectivity index (χ3n) is 5.54. The van der Waals surface area contributed by atoms with E-state index in [2.05, 4.69) is 10.3 Å². The molecule has 34 heavy (non-hydrogen) atoms. The number of nitrogens with zero attached hydrogens (tertiary/aromatic N) is 2. The van der Waals surface area contributed by atoms with Gasteiger partial charge in [0.05, 0.1) is 24.1 Å². The van der Waals surface area contributed by atoms with Crippen LogP contribution in [0.1, 0.15) is 42.0 Å². The molecule has 0 radical (unpaired) electrons. The maximum absolute atomic E-state index is 13.2. The van der Waals surface area contributed by atoms with Gasteiger partial charge in [0, 0.05) is 24.2 Å². The Morgan fingerprint density at radius 3 is 2.50 bits per heavy atom. The molecule has 1 saturated carbocycles. The van der Waals surface area contributed by atoms with Crippen LogP contribution in [0.3, 0.4) is 0 Å². The highest BCUT2D eigenvalue weighted by molar-refractivity contribution is 5.67. The van der Waals surface area contributed by atoms with Crippen molar-refractivity contribution in [1.29, 1.82) is 0 Å². The number of ether oxygens (including phenoxy) is 1. The Morgan fingerprint density at radius 2 is 1.91 bits per heavy atom. The first-order chi connectivity index (χ1) is 16.2. The van der Waals surface area contributed by atoms with E-state index in [9.17, 15) is 22.8 Å². The Balaban J connectivity index is 1.70. The molecule has 1 fully saturated rings. The highest BCUT2D eigenvalue weighted by Crippen LogP contribution is 2.40. The summed E-state index contributed by atoms with van der Waals surface area (Å²) in [5.41, 5.74) is 0.922. The molecule has 1 aromatic heterocycles.